The zero-order chi connectivity index (χ0) is 15.3. The van der Waals surface area contributed by atoms with E-state index in [1.165, 1.54) is 0 Å². The standard InChI is InChI=1S/C19H22O2/c1-19(2,3)16-11-7-8-12-18(16)21-14-13-17(20)15-9-5-4-6-10-15/h4-12H,13-14H2,1-3H3. The summed E-state index contributed by atoms with van der Waals surface area (Å²) in [5.74, 6) is 0.981. The van der Waals surface area contributed by atoms with Crippen molar-refractivity contribution in [2.24, 2.45) is 0 Å². The van der Waals surface area contributed by atoms with Crippen LogP contribution in [-0.2, 0) is 5.41 Å². The molecular formula is C19H22O2. The number of benzene rings is 2. The van der Waals surface area contributed by atoms with Crippen LogP contribution in [0, 0.1) is 0 Å². The smallest absolute Gasteiger partial charge is 0.166 e. The highest BCUT2D eigenvalue weighted by Gasteiger charge is 2.18. The van der Waals surface area contributed by atoms with Crippen molar-refractivity contribution in [3.63, 3.8) is 0 Å². The molecule has 0 fully saturated rings. The molecule has 110 valence electrons. The Morgan fingerprint density at radius 1 is 0.952 bits per heavy atom. The van der Waals surface area contributed by atoms with Crippen LogP contribution in [-0.4, -0.2) is 12.4 Å². The van der Waals surface area contributed by atoms with Gasteiger partial charge in [0.1, 0.15) is 5.75 Å². The predicted molar refractivity (Wildman–Crippen MR) is 86.0 cm³/mol. The van der Waals surface area contributed by atoms with E-state index in [1.54, 1.807) is 0 Å². The van der Waals surface area contributed by atoms with Crippen LogP contribution in [0.25, 0.3) is 0 Å². The Balaban J connectivity index is 1.97. The molecule has 0 N–H and O–H groups in total. The lowest BCUT2D eigenvalue weighted by atomic mass is 9.86. The number of hydrogen-bond donors (Lipinski definition) is 0. The maximum Gasteiger partial charge on any atom is 0.166 e. The molecular weight excluding hydrogens is 260 g/mol. The third kappa shape index (κ3) is 4.19. The Morgan fingerprint density at radius 3 is 2.24 bits per heavy atom. The molecule has 0 bridgehead atoms. The van der Waals surface area contributed by atoms with Gasteiger partial charge in [0.25, 0.3) is 0 Å². The first-order valence-corrected chi connectivity index (χ1v) is 7.29. The second kappa shape index (κ2) is 6.57. The van der Waals surface area contributed by atoms with Crippen LogP contribution < -0.4 is 4.74 Å². The van der Waals surface area contributed by atoms with Gasteiger partial charge >= 0.3 is 0 Å². The largest absolute Gasteiger partial charge is 0.493 e. The van der Waals surface area contributed by atoms with Crippen LogP contribution in [0.2, 0.25) is 0 Å². The van der Waals surface area contributed by atoms with Gasteiger partial charge < -0.3 is 4.74 Å². The predicted octanol–water partition coefficient (Wildman–Crippen LogP) is 4.64. The average Bonchev–Trinajstić information content (AvgIpc) is 2.47. The summed E-state index contributed by atoms with van der Waals surface area (Å²) in [6.45, 7) is 6.87. The van der Waals surface area contributed by atoms with Crippen molar-refractivity contribution in [2.75, 3.05) is 6.61 Å². The van der Waals surface area contributed by atoms with Crippen molar-refractivity contribution in [1.82, 2.24) is 0 Å². The van der Waals surface area contributed by atoms with Gasteiger partial charge in [0.15, 0.2) is 5.78 Å². The van der Waals surface area contributed by atoms with E-state index in [0.717, 1.165) is 16.9 Å². The molecule has 2 aromatic rings. The first-order valence-electron chi connectivity index (χ1n) is 7.29. The molecule has 0 saturated carbocycles. The van der Waals surface area contributed by atoms with E-state index >= 15 is 0 Å². The summed E-state index contributed by atoms with van der Waals surface area (Å²) in [5, 5.41) is 0. The van der Waals surface area contributed by atoms with Gasteiger partial charge in [-0.2, -0.15) is 0 Å². The highest BCUT2D eigenvalue weighted by atomic mass is 16.5. The first kappa shape index (κ1) is 15.3. The number of para-hydroxylation sites is 1. The molecule has 0 aliphatic heterocycles. The zero-order valence-corrected chi connectivity index (χ0v) is 12.9. The average molecular weight is 282 g/mol. The molecule has 0 saturated heterocycles. The maximum atomic E-state index is 12.0. The minimum Gasteiger partial charge on any atom is -0.493 e. The van der Waals surface area contributed by atoms with Gasteiger partial charge in [-0.15, -0.1) is 0 Å². The Morgan fingerprint density at radius 2 is 1.57 bits per heavy atom. The number of ether oxygens (including phenoxy) is 1. The van der Waals surface area contributed by atoms with Crippen molar-refractivity contribution in [2.45, 2.75) is 32.6 Å². The van der Waals surface area contributed by atoms with Crippen LogP contribution in [0.3, 0.4) is 0 Å². The lowest BCUT2D eigenvalue weighted by Crippen LogP contribution is -2.14. The molecule has 2 rings (SSSR count). The highest BCUT2D eigenvalue weighted by Crippen LogP contribution is 2.30. The van der Waals surface area contributed by atoms with Gasteiger partial charge in [-0.3, -0.25) is 4.79 Å². The van der Waals surface area contributed by atoms with Gasteiger partial charge in [-0.05, 0) is 17.0 Å². The third-order valence-electron chi connectivity index (χ3n) is 3.38. The van der Waals surface area contributed by atoms with E-state index in [9.17, 15) is 4.79 Å². The lowest BCUT2D eigenvalue weighted by molar-refractivity contribution is 0.0962. The second-order valence-corrected chi connectivity index (χ2v) is 6.13. The van der Waals surface area contributed by atoms with Gasteiger partial charge in [0.2, 0.25) is 0 Å². The van der Waals surface area contributed by atoms with Crippen molar-refractivity contribution in [1.29, 1.82) is 0 Å². The summed E-state index contributed by atoms with van der Waals surface area (Å²) < 4.78 is 5.83. The van der Waals surface area contributed by atoms with Gasteiger partial charge in [0, 0.05) is 12.0 Å². The molecule has 0 spiro atoms. The second-order valence-electron chi connectivity index (χ2n) is 6.13. The maximum absolute atomic E-state index is 12.0. The minimum absolute atomic E-state index is 0.0278. The first-order chi connectivity index (χ1) is 9.98. The van der Waals surface area contributed by atoms with Crippen molar-refractivity contribution >= 4 is 5.78 Å². The molecule has 0 unspecified atom stereocenters. The van der Waals surface area contributed by atoms with E-state index in [4.69, 9.17) is 4.74 Å². The van der Waals surface area contributed by atoms with Crippen LogP contribution in [0.4, 0.5) is 0 Å². The van der Waals surface area contributed by atoms with Gasteiger partial charge in [-0.1, -0.05) is 69.3 Å². The Labute approximate surface area is 126 Å². The van der Waals surface area contributed by atoms with E-state index in [0.29, 0.717) is 13.0 Å². The van der Waals surface area contributed by atoms with E-state index < -0.39 is 0 Å². The lowest BCUT2D eigenvalue weighted by Gasteiger charge is -2.22. The monoisotopic (exact) mass is 282 g/mol. The number of Topliss-reactive ketones (excluding diaryl/α,β-unsaturated/α-hetero) is 1. The summed E-state index contributed by atoms with van der Waals surface area (Å²) in [7, 11) is 0. The molecule has 2 nitrogen and oxygen atoms in total. The van der Waals surface area contributed by atoms with Crippen molar-refractivity contribution in [3.8, 4) is 5.75 Å². The topological polar surface area (TPSA) is 26.3 Å². The Hall–Kier alpha value is -2.09. The summed E-state index contributed by atoms with van der Waals surface area (Å²) in [6, 6.07) is 17.4. The molecule has 0 aliphatic rings. The summed E-state index contributed by atoms with van der Waals surface area (Å²) >= 11 is 0. The molecule has 2 heteroatoms. The number of carbonyl (C=O) groups is 1. The van der Waals surface area contributed by atoms with Crippen molar-refractivity contribution in [3.05, 3.63) is 65.7 Å². The minimum atomic E-state index is 0.0278. The SMILES string of the molecule is CC(C)(C)c1ccccc1OCCC(=O)c1ccccc1. The van der Waals surface area contributed by atoms with Crippen molar-refractivity contribution < 1.29 is 9.53 Å². The molecule has 0 aromatic heterocycles. The zero-order valence-electron chi connectivity index (χ0n) is 12.9. The molecule has 0 heterocycles. The number of ketones is 1. The summed E-state index contributed by atoms with van der Waals surface area (Å²) in [4.78, 5) is 12.0. The quantitative estimate of drug-likeness (QED) is 0.747. The van der Waals surface area contributed by atoms with Crippen LogP contribution in [0.15, 0.2) is 54.6 Å². The summed E-state index contributed by atoms with van der Waals surface area (Å²) in [6.07, 6.45) is 0.391. The molecule has 2 aromatic carbocycles. The molecule has 0 aliphatic carbocycles. The Bertz CT molecular complexity index is 594. The van der Waals surface area contributed by atoms with Gasteiger partial charge in [0.05, 0.1) is 6.61 Å². The van der Waals surface area contributed by atoms with E-state index in [2.05, 4.69) is 26.8 Å². The number of carbonyl (C=O) groups excluding carboxylic acids is 1. The van der Waals surface area contributed by atoms with E-state index in [-0.39, 0.29) is 11.2 Å². The number of rotatable bonds is 5. The Kier molecular flexibility index (Phi) is 4.79. The van der Waals surface area contributed by atoms with E-state index in [1.807, 2.05) is 48.5 Å². The third-order valence-corrected chi connectivity index (χ3v) is 3.38. The van der Waals surface area contributed by atoms with Crippen LogP contribution in [0.1, 0.15) is 43.1 Å². The normalized spacial score (nSPS) is 11.2. The number of hydrogen-bond acceptors (Lipinski definition) is 2. The molecule has 21 heavy (non-hydrogen) atoms. The molecule has 0 atom stereocenters. The highest BCUT2D eigenvalue weighted by molar-refractivity contribution is 5.96. The molecule has 0 radical (unpaired) electrons. The fourth-order valence-corrected chi connectivity index (χ4v) is 2.23. The fourth-order valence-electron chi connectivity index (χ4n) is 2.23. The molecule has 0 amide bonds. The summed E-state index contributed by atoms with van der Waals surface area (Å²) in [5.41, 5.74) is 1.93. The fraction of sp³-hybridized carbons (Fsp3) is 0.316. The van der Waals surface area contributed by atoms with Gasteiger partial charge in [-0.25, -0.2) is 0 Å². The van der Waals surface area contributed by atoms with Crippen LogP contribution in [0.5, 0.6) is 5.75 Å². The van der Waals surface area contributed by atoms with Crippen LogP contribution >= 0.6 is 0 Å².